The monoisotopic (exact) mass is 304 g/mol. The molecule has 1 aliphatic rings. The first-order valence-electron chi connectivity index (χ1n) is 7.59. The highest BCUT2D eigenvalue weighted by Crippen LogP contribution is 2.28. The van der Waals surface area contributed by atoms with Crippen molar-refractivity contribution in [3.8, 4) is 11.5 Å². The molecule has 22 heavy (non-hydrogen) atoms. The van der Waals surface area contributed by atoms with Gasteiger partial charge in [-0.2, -0.15) is 0 Å². The van der Waals surface area contributed by atoms with Crippen LogP contribution in [0.5, 0.6) is 11.5 Å². The number of benzene rings is 1. The van der Waals surface area contributed by atoms with Crippen LogP contribution in [0.25, 0.3) is 6.08 Å². The standard InChI is InChI=1S/C17H24N2O3/c1-3-4-13-5-6-15(16(9-13)21-2)22-12-17(20)19-8-7-14(10-18)11-19/h3-6,9,14H,7-8,10-12,18H2,1-2H3. The normalized spacial score (nSPS) is 18.0. The Morgan fingerprint density at radius 2 is 2.27 bits per heavy atom. The highest BCUT2D eigenvalue weighted by Gasteiger charge is 2.25. The number of hydrogen-bond donors (Lipinski definition) is 1. The summed E-state index contributed by atoms with van der Waals surface area (Å²) in [5.41, 5.74) is 6.68. The molecule has 1 fully saturated rings. The molecule has 1 unspecified atom stereocenters. The van der Waals surface area contributed by atoms with Gasteiger partial charge in [-0.25, -0.2) is 0 Å². The molecule has 0 saturated carbocycles. The summed E-state index contributed by atoms with van der Waals surface area (Å²) < 4.78 is 11.0. The Kier molecular flexibility index (Phi) is 5.83. The van der Waals surface area contributed by atoms with Gasteiger partial charge in [0.2, 0.25) is 0 Å². The molecule has 1 aliphatic heterocycles. The lowest BCUT2D eigenvalue weighted by Gasteiger charge is -2.17. The fourth-order valence-electron chi connectivity index (χ4n) is 2.58. The van der Waals surface area contributed by atoms with E-state index < -0.39 is 0 Å². The molecule has 1 aromatic rings. The molecule has 5 nitrogen and oxygen atoms in total. The Balaban J connectivity index is 1.95. The Bertz CT molecular complexity index is 543. The highest BCUT2D eigenvalue weighted by atomic mass is 16.5. The van der Waals surface area contributed by atoms with E-state index in [9.17, 15) is 4.79 Å². The highest BCUT2D eigenvalue weighted by molar-refractivity contribution is 5.78. The van der Waals surface area contributed by atoms with E-state index >= 15 is 0 Å². The Hall–Kier alpha value is -2.01. The van der Waals surface area contributed by atoms with Crippen LogP contribution in [0, 0.1) is 5.92 Å². The molecule has 0 radical (unpaired) electrons. The molecule has 120 valence electrons. The van der Waals surface area contributed by atoms with Crippen LogP contribution in [-0.2, 0) is 4.79 Å². The molecular weight excluding hydrogens is 280 g/mol. The van der Waals surface area contributed by atoms with Crippen molar-refractivity contribution < 1.29 is 14.3 Å². The minimum atomic E-state index is -0.00414. The second-order valence-corrected chi connectivity index (χ2v) is 5.43. The third-order valence-electron chi connectivity index (χ3n) is 3.87. The Labute approximate surface area is 131 Å². The van der Waals surface area contributed by atoms with Gasteiger partial charge in [0.25, 0.3) is 5.91 Å². The van der Waals surface area contributed by atoms with Gasteiger partial charge in [-0.1, -0.05) is 18.2 Å². The Morgan fingerprint density at radius 3 is 2.91 bits per heavy atom. The van der Waals surface area contributed by atoms with E-state index in [2.05, 4.69) is 0 Å². The molecule has 1 atom stereocenters. The van der Waals surface area contributed by atoms with E-state index in [1.807, 2.05) is 42.2 Å². The predicted molar refractivity (Wildman–Crippen MR) is 86.9 cm³/mol. The zero-order valence-electron chi connectivity index (χ0n) is 13.2. The maximum Gasteiger partial charge on any atom is 0.260 e. The van der Waals surface area contributed by atoms with Crippen molar-refractivity contribution in [1.29, 1.82) is 0 Å². The molecule has 1 aromatic carbocycles. The molecule has 0 spiro atoms. The minimum Gasteiger partial charge on any atom is -0.493 e. The average molecular weight is 304 g/mol. The SMILES string of the molecule is CC=Cc1ccc(OCC(=O)N2CCC(CN)C2)c(OC)c1. The summed E-state index contributed by atoms with van der Waals surface area (Å²) in [4.78, 5) is 14.0. The number of ether oxygens (including phenoxy) is 2. The van der Waals surface area contributed by atoms with Gasteiger partial charge in [0.15, 0.2) is 18.1 Å². The number of likely N-dealkylation sites (tertiary alicyclic amines) is 1. The van der Waals surface area contributed by atoms with Crippen LogP contribution in [0.2, 0.25) is 0 Å². The first-order valence-corrected chi connectivity index (χ1v) is 7.59. The van der Waals surface area contributed by atoms with Crippen LogP contribution in [0.15, 0.2) is 24.3 Å². The van der Waals surface area contributed by atoms with Gasteiger partial charge in [-0.15, -0.1) is 0 Å². The summed E-state index contributed by atoms with van der Waals surface area (Å²) in [6, 6.07) is 5.65. The van der Waals surface area contributed by atoms with Gasteiger partial charge in [0, 0.05) is 13.1 Å². The third-order valence-corrected chi connectivity index (χ3v) is 3.87. The van der Waals surface area contributed by atoms with Gasteiger partial charge in [-0.3, -0.25) is 4.79 Å². The topological polar surface area (TPSA) is 64.8 Å². The second kappa shape index (κ2) is 7.84. The minimum absolute atomic E-state index is 0.00414. The number of carbonyl (C=O) groups is 1. The molecule has 2 N–H and O–H groups in total. The zero-order valence-corrected chi connectivity index (χ0v) is 13.2. The van der Waals surface area contributed by atoms with Crippen LogP contribution in [0.3, 0.4) is 0 Å². The van der Waals surface area contributed by atoms with E-state index in [1.165, 1.54) is 0 Å². The van der Waals surface area contributed by atoms with Crippen molar-refractivity contribution in [3.63, 3.8) is 0 Å². The number of allylic oxidation sites excluding steroid dienone is 1. The molecule has 1 amide bonds. The second-order valence-electron chi connectivity index (χ2n) is 5.43. The van der Waals surface area contributed by atoms with E-state index in [-0.39, 0.29) is 12.5 Å². The smallest absolute Gasteiger partial charge is 0.260 e. The number of amides is 1. The summed E-state index contributed by atoms with van der Waals surface area (Å²) >= 11 is 0. The van der Waals surface area contributed by atoms with Gasteiger partial charge in [0.05, 0.1) is 7.11 Å². The van der Waals surface area contributed by atoms with Crippen molar-refractivity contribution in [2.45, 2.75) is 13.3 Å². The van der Waals surface area contributed by atoms with E-state index in [1.54, 1.807) is 7.11 Å². The number of nitrogens with two attached hydrogens (primary N) is 1. The summed E-state index contributed by atoms with van der Waals surface area (Å²) in [5.74, 6) is 1.62. The van der Waals surface area contributed by atoms with Gasteiger partial charge < -0.3 is 20.1 Å². The van der Waals surface area contributed by atoms with Crippen LogP contribution in [0.1, 0.15) is 18.9 Å². The third kappa shape index (κ3) is 4.01. The molecule has 1 saturated heterocycles. The summed E-state index contributed by atoms with van der Waals surface area (Å²) in [7, 11) is 1.59. The number of hydrogen-bond acceptors (Lipinski definition) is 4. The summed E-state index contributed by atoms with van der Waals surface area (Å²) in [5, 5.41) is 0. The number of carbonyl (C=O) groups excluding carboxylic acids is 1. The number of rotatable bonds is 6. The molecule has 1 heterocycles. The number of methoxy groups -OCH3 is 1. The van der Waals surface area contributed by atoms with Crippen molar-refractivity contribution in [1.82, 2.24) is 4.90 Å². The molecule has 0 bridgehead atoms. The number of nitrogens with zero attached hydrogens (tertiary/aromatic N) is 1. The summed E-state index contributed by atoms with van der Waals surface area (Å²) in [6.07, 6.45) is 4.92. The maximum atomic E-state index is 12.2. The van der Waals surface area contributed by atoms with Crippen LogP contribution < -0.4 is 15.2 Å². The van der Waals surface area contributed by atoms with Crippen LogP contribution in [0.4, 0.5) is 0 Å². The fourth-order valence-corrected chi connectivity index (χ4v) is 2.58. The molecule has 0 aliphatic carbocycles. The quantitative estimate of drug-likeness (QED) is 0.872. The first kappa shape index (κ1) is 16.4. The van der Waals surface area contributed by atoms with Crippen LogP contribution >= 0.6 is 0 Å². The van der Waals surface area contributed by atoms with Crippen molar-refractivity contribution in [2.24, 2.45) is 11.7 Å². The zero-order chi connectivity index (χ0) is 15.9. The largest absolute Gasteiger partial charge is 0.493 e. The van der Waals surface area contributed by atoms with E-state index in [0.717, 1.165) is 25.1 Å². The fraction of sp³-hybridized carbons (Fsp3) is 0.471. The average Bonchev–Trinajstić information content (AvgIpc) is 3.02. The van der Waals surface area contributed by atoms with Gasteiger partial charge in [0.1, 0.15) is 0 Å². The molecule has 5 heteroatoms. The van der Waals surface area contributed by atoms with E-state index in [4.69, 9.17) is 15.2 Å². The van der Waals surface area contributed by atoms with E-state index in [0.29, 0.717) is 24.0 Å². The first-order chi connectivity index (χ1) is 10.7. The van der Waals surface area contributed by atoms with Crippen molar-refractivity contribution in [3.05, 3.63) is 29.8 Å². The Morgan fingerprint density at radius 1 is 1.45 bits per heavy atom. The predicted octanol–water partition coefficient (Wildman–Crippen LogP) is 1.91. The summed E-state index contributed by atoms with van der Waals surface area (Å²) in [6.45, 7) is 4.11. The lowest BCUT2D eigenvalue weighted by molar-refractivity contribution is -0.132. The van der Waals surface area contributed by atoms with Gasteiger partial charge >= 0.3 is 0 Å². The van der Waals surface area contributed by atoms with Crippen molar-refractivity contribution in [2.75, 3.05) is 33.4 Å². The van der Waals surface area contributed by atoms with Crippen LogP contribution in [-0.4, -0.2) is 44.2 Å². The lowest BCUT2D eigenvalue weighted by Crippen LogP contribution is -2.33. The molecule has 2 rings (SSSR count). The molecular formula is C17H24N2O3. The maximum absolute atomic E-state index is 12.2. The lowest BCUT2D eigenvalue weighted by atomic mass is 10.1. The van der Waals surface area contributed by atoms with Crippen molar-refractivity contribution >= 4 is 12.0 Å². The van der Waals surface area contributed by atoms with Gasteiger partial charge in [-0.05, 0) is 43.5 Å². The molecule has 0 aromatic heterocycles.